The van der Waals surface area contributed by atoms with Crippen molar-refractivity contribution in [2.45, 2.75) is 116 Å². The minimum absolute atomic E-state index is 0.0477. The van der Waals surface area contributed by atoms with Crippen LogP contribution < -0.4 is 5.32 Å². The number of fused-ring (bicyclic) bond motifs is 3. The van der Waals surface area contributed by atoms with Crippen LogP contribution in [0, 0.1) is 0 Å². The number of hydrogen-bond acceptors (Lipinski definition) is 8. The van der Waals surface area contributed by atoms with Crippen molar-refractivity contribution in [2.24, 2.45) is 0 Å². The normalized spacial score (nSPS) is 12.2. The first-order valence-electron chi connectivity index (χ1n) is 21.4. The summed E-state index contributed by atoms with van der Waals surface area (Å²) in [6.07, 6.45) is 21.7. The highest BCUT2D eigenvalue weighted by atomic mass is 16.6. The van der Waals surface area contributed by atoms with Gasteiger partial charge in [0, 0.05) is 19.1 Å². The third-order valence-corrected chi connectivity index (χ3v) is 9.86. The van der Waals surface area contributed by atoms with Crippen LogP contribution in [0.2, 0.25) is 0 Å². The molecule has 0 atom stereocenters. The Bertz CT molecular complexity index is 1130. The molecule has 0 saturated carbocycles. The number of carbonyl (C=O) groups is 1. The molecule has 306 valence electrons. The molecule has 0 radical (unpaired) electrons. The summed E-state index contributed by atoms with van der Waals surface area (Å²) in [6.45, 7) is 9.48. The van der Waals surface area contributed by atoms with E-state index in [2.05, 4.69) is 36.5 Å². The second-order valence-corrected chi connectivity index (χ2v) is 14.2. The zero-order valence-corrected chi connectivity index (χ0v) is 33.7. The number of alkyl carbamates (subject to hydrolysis) is 1. The molecule has 9 nitrogen and oxygen atoms in total. The van der Waals surface area contributed by atoms with Crippen LogP contribution >= 0.6 is 0 Å². The number of ether oxygens (including phenoxy) is 7. The van der Waals surface area contributed by atoms with Crippen LogP contribution in [0.25, 0.3) is 11.1 Å². The van der Waals surface area contributed by atoms with Gasteiger partial charge in [-0.3, -0.25) is 0 Å². The molecule has 0 aromatic heterocycles. The third kappa shape index (κ3) is 21.5. The van der Waals surface area contributed by atoms with E-state index in [0.717, 1.165) is 13.0 Å². The third-order valence-electron chi connectivity index (χ3n) is 9.86. The van der Waals surface area contributed by atoms with Crippen molar-refractivity contribution in [3.05, 3.63) is 59.7 Å². The van der Waals surface area contributed by atoms with Crippen molar-refractivity contribution >= 4 is 6.09 Å². The van der Waals surface area contributed by atoms with E-state index in [1.54, 1.807) is 0 Å². The van der Waals surface area contributed by atoms with Crippen LogP contribution in [-0.2, 0) is 33.2 Å². The highest BCUT2D eigenvalue weighted by molar-refractivity contribution is 5.79. The van der Waals surface area contributed by atoms with E-state index in [-0.39, 0.29) is 5.92 Å². The van der Waals surface area contributed by atoms with Crippen molar-refractivity contribution in [3.63, 3.8) is 0 Å². The summed E-state index contributed by atoms with van der Waals surface area (Å²) in [6, 6.07) is 16.6. The van der Waals surface area contributed by atoms with Crippen LogP contribution in [0.3, 0.4) is 0 Å². The van der Waals surface area contributed by atoms with E-state index in [1.807, 2.05) is 24.3 Å². The lowest BCUT2D eigenvalue weighted by atomic mass is 9.98. The van der Waals surface area contributed by atoms with Gasteiger partial charge >= 0.3 is 6.09 Å². The summed E-state index contributed by atoms with van der Waals surface area (Å²) in [5.74, 6) is 0.0477. The van der Waals surface area contributed by atoms with E-state index in [4.69, 9.17) is 33.2 Å². The Morgan fingerprint density at radius 3 is 1.24 bits per heavy atom. The van der Waals surface area contributed by atoms with Gasteiger partial charge in [0.15, 0.2) is 0 Å². The molecule has 3 rings (SSSR count). The van der Waals surface area contributed by atoms with Crippen LogP contribution in [0.4, 0.5) is 4.79 Å². The Kier molecular flexibility index (Phi) is 27.8. The van der Waals surface area contributed by atoms with Crippen molar-refractivity contribution < 1.29 is 38.0 Å². The number of carbonyl (C=O) groups excluding carboxylic acids is 1. The van der Waals surface area contributed by atoms with E-state index in [0.29, 0.717) is 85.8 Å². The van der Waals surface area contributed by atoms with Crippen molar-refractivity contribution in [2.75, 3.05) is 92.4 Å². The lowest BCUT2D eigenvalue weighted by molar-refractivity contribution is -0.0167. The molecule has 0 bridgehead atoms. The number of unbranched alkanes of at least 4 members (excludes halogenated alkanes) is 15. The first kappa shape index (κ1) is 45.9. The average Bonchev–Trinajstić information content (AvgIpc) is 3.52. The van der Waals surface area contributed by atoms with E-state index < -0.39 is 6.09 Å². The quantitative estimate of drug-likeness (QED) is 0.0682. The largest absolute Gasteiger partial charge is 0.449 e. The second-order valence-electron chi connectivity index (χ2n) is 14.2. The van der Waals surface area contributed by atoms with Gasteiger partial charge in [0.25, 0.3) is 0 Å². The van der Waals surface area contributed by atoms with Gasteiger partial charge in [0.2, 0.25) is 0 Å². The van der Waals surface area contributed by atoms with Crippen LogP contribution in [0.5, 0.6) is 0 Å². The predicted molar refractivity (Wildman–Crippen MR) is 218 cm³/mol. The van der Waals surface area contributed by atoms with Gasteiger partial charge in [-0.05, 0) is 28.7 Å². The Hall–Kier alpha value is -2.53. The molecular formula is C45H73NO8. The van der Waals surface area contributed by atoms with Crippen LogP contribution in [-0.4, -0.2) is 98.5 Å². The fourth-order valence-corrected chi connectivity index (χ4v) is 6.83. The molecule has 1 amide bonds. The fourth-order valence-electron chi connectivity index (χ4n) is 6.83. The minimum Gasteiger partial charge on any atom is -0.449 e. The van der Waals surface area contributed by atoms with Gasteiger partial charge in [-0.1, -0.05) is 152 Å². The number of benzene rings is 2. The van der Waals surface area contributed by atoms with Crippen LogP contribution in [0.1, 0.15) is 127 Å². The fraction of sp³-hybridized carbons (Fsp3) is 0.711. The molecule has 0 fully saturated rings. The van der Waals surface area contributed by atoms with Crippen LogP contribution in [0.15, 0.2) is 48.5 Å². The maximum absolute atomic E-state index is 12.3. The molecule has 1 N–H and O–H groups in total. The SMILES string of the molecule is CCCCCCCCCCCCCCCCCCOCCOCCOCCOCCOCCOCCNC(=O)OCC1c2ccccc2-c2ccccc21. The van der Waals surface area contributed by atoms with Crippen molar-refractivity contribution in [1.82, 2.24) is 5.32 Å². The standard InChI is InChI=1S/C45H73NO8/c1-2-3-4-5-6-7-8-9-10-11-12-13-14-15-16-21-27-48-29-31-50-33-35-52-37-38-53-36-34-51-32-30-49-28-26-46-45(47)54-39-44-42-24-19-17-22-40(42)41-23-18-20-25-43(41)44/h17-20,22-25,44H,2-16,21,26-39H2,1H3,(H,46,47). The van der Waals surface area contributed by atoms with Gasteiger partial charge in [0.05, 0.1) is 72.7 Å². The topological polar surface area (TPSA) is 93.7 Å². The summed E-state index contributed by atoms with van der Waals surface area (Å²) in [5.41, 5.74) is 4.81. The zero-order valence-electron chi connectivity index (χ0n) is 33.7. The molecule has 1 aliphatic carbocycles. The Labute approximate surface area is 327 Å². The Balaban J connectivity index is 0.947. The monoisotopic (exact) mass is 756 g/mol. The molecule has 0 spiro atoms. The number of amides is 1. The van der Waals surface area contributed by atoms with E-state index in [1.165, 1.54) is 119 Å². The number of rotatable bonds is 37. The second kappa shape index (κ2) is 32.7. The first-order valence-corrected chi connectivity index (χ1v) is 21.4. The molecule has 0 heterocycles. The minimum atomic E-state index is -0.439. The summed E-state index contributed by atoms with van der Waals surface area (Å²) < 4.78 is 39.0. The summed E-state index contributed by atoms with van der Waals surface area (Å²) in [5, 5.41) is 2.76. The first-order chi connectivity index (χ1) is 26.8. The van der Waals surface area contributed by atoms with Crippen molar-refractivity contribution in [3.8, 4) is 11.1 Å². The predicted octanol–water partition coefficient (Wildman–Crippen LogP) is 9.89. The van der Waals surface area contributed by atoms with E-state index in [9.17, 15) is 4.79 Å². The lowest BCUT2D eigenvalue weighted by Crippen LogP contribution is -2.29. The maximum Gasteiger partial charge on any atom is 0.407 e. The van der Waals surface area contributed by atoms with Gasteiger partial charge in [-0.25, -0.2) is 4.79 Å². The molecule has 0 saturated heterocycles. The zero-order chi connectivity index (χ0) is 38.0. The Morgan fingerprint density at radius 1 is 0.463 bits per heavy atom. The number of hydrogen-bond donors (Lipinski definition) is 1. The Morgan fingerprint density at radius 2 is 0.815 bits per heavy atom. The molecule has 0 aliphatic heterocycles. The average molecular weight is 756 g/mol. The van der Waals surface area contributed by atoms with Gasteiger partial charge in [0.1, 0.15) is 6.61 Å². The summed E-state index contributed by atoms with van der Waals surface area (Å²) >= 11 is 0. The molecule has 9 heteroatoms. The number of nitrogens with one attached hydrogen (secondary N) is 1. The van der Waals surface area contributed by atoms with Gasteiger partial charge < -0.3 is 38.5 Å². The molecule has 1 aliphatic rings. The van der Waals surface area contributed by atoms with E-state index >= 15 is 0 Å². The van der Waals surface area contributed by atoms with Gasteiger partial charge in [-0.15, -0.1) is 0 Å². The van der Waals surface area contributed by atoms with Gasteiger partial charge in [-0.2, -0.15) is 0 Å². The molecule has 2 aromatic carbocycles. The molecule has 2 aromatic rings. The maximum atomic E-state index is 12.3. The molecular weight excluding hydrogens is 682 g/mol. The van der Waals surface area contributed by atoms with Crippen molar-refractivity contribution in [1.29, 1.82) is 0 Å². The lowest BCUT2D eigenvalue weighted by Gasteiger charge is -2.14. The molecule has 0 unspecified atom stereocenters. The highest BCUT2D eigenvalue weighted by Crippen LogP contribution is 2.44. The highest BCUT2D eigenvalue weighted by Gasteiger charge is 2.28. The summed E-state index contributed by atoms with van der Waals surface area (Å²) in [4.78, 5) is 12.3. The molecule has 54 heavy (non-hydrogen) atoms. The smallest absolute Gasteiger partial charge is 0.407 e. The summed E-state index contributed by atoms with van der Waals surface area (Å²) in [7, 11) is 0.